The number of aromatic nitrogens is 2. The average Bonchev–Trinajstić information content (AvgIpc) is 2.61. The van der Waals surface area contributed by atoms with Gasteiger partial charge in [-0.15, -0.1) is 0 Å². The van der Waals surface area contributed by atoms with Gasteiger partial charge in [0.25, 0.3) is 0 Å². The molecule has 1 aliphatic heterocycles. The summed E-state index contributed by atoms with van der Waals surface area (Å²) in [6, 6.07) is 0. The maximum atomic E-state index is 10.6. The fourth-order valence-electron chi connectivity index (χ4n) is 1.58. The summed E-state index contributed by atoms with van der Waals surface area (Å²) in [5.41, 5.74) is -0.0239. The minimum atomic E-state index is -0.462. The minimum absolute atomic E-state index is 0.0239. The van der Waals surface area contributed by atoms with Gasteiger partial charge in [-0.2, -0.15) is 5.10 Å². The largest absolute Gasteiger partial charge is 0.356 e. The van der Waals surface area contributed by atoms with E-state index in [9.17, 15) is 10.1 Å². The topological polar surface area (TPSA) is 70.2 Å². The van der Waals surface area contributed by atoms with Gasteiger partial charge in [0, 0.05) is 6.61 Å². The molecule has 6 nitrogen and oxygen atoms in total. The Hall–Kier alpha value is -0.950. The molecule has 1 aliphatic rings. The molecule has 0 saturated carbocycles. The van der Waals surface area contributed by atoms with Crippen LogP contribution in [0.4, 0.5) is 5.69 Å². The van der Waals surface area contributed by atoms with Crippen LogP contribution >= 0.6 is 15.9 Å². The third kappa shape index (κ3) is 2.03. The van der Waals surface area contributed by atoms with E-state index in [-0.39, 0.29) is 11.9 Å². The highest BCUT2D eigenvalue weighted by molar-refractivity contribution is 9.10. The minimum Gasteiger partial charge on any atom is -0.356 e. The predicted octanol–water partition coefficient (Wildman–Crippen LogP) is 2.25. The second-order valence-corrected chi connectivity index (χ2v) is 4.09. The van der Waals surface area contributed by atoms with Crippen LogP contribution in [0.15, 0.2) is 10.8 Å². The number of hydrogen-bond acceptors (Lipinski definition) is 4. The summed E-state index contributed by atoms with van der Waals surface area (Å²) in [4.78, 5) is 10.1. The number of halogens is 1. The van der Waals surface area contributed by atoms with Crippen LogP contribution in [0.2, 0.25) is 0 Å². The molecule has 1 aromatic heterocycles. The van der Waals surface area contributed by atoms with Gasteiger partial charge in [0.05, 0.1) is 4.92 Å². The second-order valence-electron chi connectivity index (χ2n) is 3.34. The van der Waals surface area contributed by atoms with Gasteiger partial charge in [-0.1, -0.05) is 0 Å². The lowest BCUT2D eigenvalue weighted by atomic mass is 10.2. The van der Waals surface area contributed by atoms with E-state index >= 15 is 0 Å². The third-order valence-electron chi connectivity index (χ3n) is 2.34. The Bertz CT molecular complexity index is 373. The lowest BCUT2D eigenvalue weighted by molar-refractivity contribution is -0.385. The molecule has 0 aliphatic carbocycles. The molecule has 1 aromatic rings. The highest BCUT2D eigenvalue weighted by Gasteiger charge is 2.24. The number of ether oxygens (including phenoxy) is 1. The molecule has 1 saturated heterocycles. The molecule has 82 valence electrons. The molecule has 1 atom stereocenters. The molecule has 0 bridgehead atoms. The zero-order valence-electron chi connectivity index (χ0n) is 7.93. The van der Waals surface area contributed by atoms with Crippen molar-refractivity contribution in [1.82, 2.24) is 9.78 Å². The van der Waals surface area contributed by atoms with Crippen LogP contribution in [0, 0.1) is 10.1 Å². The van der Waals surface area contributed by atoms with Crippen molar-refractivity contribution < 1.29 is 9.66 Å². The van der Waals surface area contributed by atoms with Crippen molar-refractivity contribution in [2.75, 3.05) is 6.61 Å². The maximum absolute atomic E-state index is 10.6. The molecule has 0 aromatic carbocycles. The maximum Gasteiger partial charge on any atom is 0.321 e. The summed E-state index contributed by atoms with van der Waals surface area (Å²) >= 11 is 3.17. The van der Waals surface area contributed by atoms with Gasteiger partial charge in [0.2, 0.25) is 0 Å². The highest BCUT2D eigenvalue weighted by atomic mass is 79.9. The Labute approximate surface area is 94.5 Å². The third-order valence-corrected chi connectivity index (χ3v) is 3.11. The number of hydrogen-bond donors (Lipinski definition) is 0. The molecule has 0 unspecified atom stereocenters. The SMILES string of the molecule is O=[N+]([O-])c1cnn([C@H]2CCCCO2)c1Br. The van der Waals surface area contributed by atoms with E-state index in [0.29, 0.717) is 11.2 Å². The summed E-state index contributed by atoms with van der Waals surface area (Å²) in [6.45, 7) is 0.685. The molecule has 0 radical (unpaired) electrons. The van der Waals surface area contributed by atoms with Gasteiger partial charge in [0.1, 0.15) is 6.20 Å². The van der Waals surface area contributed by atoms with E-state index in [1.807, 2.05) is 0 Å². The van der Waals surface area contributed by atoms with Gasteiger partial charge in [-0.05, 0) is 35.2 Å². The van der Waals surface area contributed by atoms with Crippen LogP contribution in [0.5, 0.6) is 0 Å². The van der Waals surface area contributed by atoms with E-state index in [4.69, 9.17) is 4.74 Å². The van der Waals surface area contributed by atoms with Crippen molar-refractivity contribution in [2.24, 2.45) is 0 Å². The van der Waals surface area contributed by atoms with E-state index in [0.717, 1.165) is 19.3 Å². The van der Waals surface area contributed by atoms with Gasteiger partial charge in [0.15, 0.2) is 10.8 Å². The average molecular weight is 276 g/mol. The van der Waals surface area contributed by atoms with Crippen molar-refractivity contribution >= 4 is 21.6 Å². The van der Waals surface area contributed by atoms with Crippen LogP contribution < -0.4 is 0 Å². The van der Waals surface area contributed by atoms with Crippen molar-refractivity contribution in [3.05, 3.63) is 20.9 Å². The number of nitrogens with zero attached hydrogens (tertiary/aromatic N) is 3. The van der Waals surface area contributed by atoms with E-state index in [1.54, 1.807) is 0 Å². The van der Waals surface area contributed by atoms with Crippen molar-refractivity contribution in [2.45, 2.75) is 25.5 Å². The molecule has 15 heavy (non-hydrogen) atoms. The fraction of sp³-hybridized carbons (Fsp3) is 0.625. The second kappa shape index (κ2) is 4.28. The first kappa shape index (κ1) is 10.6. The Morgan fingerprint density at radius 1 is 1.67 bits per heavy atom. The molecular formula is C8H10BrN3O3. The lowest BCUT2D eigenvalue weighted by Gasteiger charge is -2.22. The Morgan fingerprint density at radius 3 is 3.00 bits per heavy atom. The normalized spacial score (nSPS) is 21.5. The summed E-state index contributed by atoms with van der Waals surface area (Å²) in [5, 5.41) is 14.6. The quantitative estimate of drug-likeness (QED) is 0.613. The summed E-state index contributed by atoms with van der Waals surface area (Å²) in [6.07, 6.45) is 4.00. The molecule has 2 heterocycles. The van der Waals surface area contributed by atoms with E-state index in [1.165, 1.54) is 10.9 Å². The predicted molar refractivity (Wildman–Crippen MR) is 55.4 cm³/mol. The number of nitro groups is 1. The monoisotopic (exact) mass is 275 g/mol. The Morgan fingerprint density at radius 2 is 2.47 bits per heavy atom. The van der Waals surface area contributed by atoms with E-state index in [2.05, 4.69) is 21.0 Å². The van der Waals surface area contributed by atoms with Crippen molar-refractivity contribution in [3.8, 4) is 0 Å². The molecule has 0 N–H and O–H groups in total. The first-order valence-electron chi connectivity index (χ1n) is 4.69. The Balaban J connectivity index is 2.24. The van der Waals surface area contributed by atoms with Crippen LogP contribution in [-0.2, 0) is 4.74 Å². The molecule has 7 heteroatoms. The molecule has 1 fully saturated rings. The summed E-state index contributed by atoms with van der Waals surface area (Å²) in [7, 11) is 0. The van der Waals surface area contributed by atoms with Crippen LogP contribution in [0.3, 0.4) is 0 Å². The molecule has 0 amide bonds. The first-order chi connectivity index (χ1) is 7.20. The van der Waals surface area contributed by atoms with Crippen molar-refractivity contribution in [3.63, 3.8) is 0 Å². The standard InChI is InChI=1S/C8H10BrN3O3/c9-8-6(12(13)14)5-10-11(8)7-3-1-2-4-15-7/h5,7H,1-4H2/t7-/m1/s1. The molecular weight excluding hydrogens is 266 g/mol. The van der Waals surface area contributed by atoms with Gasteiger partial charge >= 0.3 is 5.69 Å². The van der Waals surface area contributed by atoms with E-state index < -0.39 is 4.92 Å². The zero-order chi connectivity index (χ0) is 10.8. The number of rotatable bonds is 2. The smallest absolute Gasteiger partial charge is 0.321 e. The van der Waals surface area contributed by atoms with Crippen molar-refractivity contribution in [1.29, 1.82) is 0 Å². The zero-order valence-corrected chi connectivity index (χ0v) is 9.51. The molecule has 2 rings (SSSR count). The summed E-state index contributed by atoms with van der Waals surface area (Å²) < 4.78 is 7.39. The van der Waals surface area contributed by atoms with Gasteiger partial charge in [-0.3, -0.25) is 10.1 Å². The van der Waals surface area contributed by atoms with Crippen LogP contribution in [-0.4, -0.2) is 21.3 Å². The van der Waals surface area contributed by atoms with Gasteiger partial charge in [-0.25, -0.2) is 4.68 Å². The fourth-order valence-corrected chi connectivity index (χ4v) is 2.15. The molecule has 0 spiro atoms. The highest BCUT2D eigenvalue weighted by Crippen LogP contribution is 2.30. The van der Waals surface area contributed by atoms with Gasteiger partial charge < -0.3 is 4.74 Å². The lowest BCUT2D eigenvalue weighted by Crippen LogP contribution is -2.19. The summed E-state index contributed by atoms with van der Waals surface area (Å²) in [5.74, 6) is 0. The Kier molecular flexibility index (Phi) is 3.01. The van der Waals surface area contributed by atoms with Crippen LogP contribution in [0.1, 0.15) is 25.5 Å². The van der Waals surface area contributed by atoms with Crippen LogP contribution in [0.25, 0.3) is 0 Å². The first-order valence-corrected chi connectivity index (χ1v) is 5.48.